The van der Waals surface area contributed by atoms with Crippen molar-refractivity contribution >= 4 is 5.91 Å². The number of carbonyl (C=O) groups is 1. The van der Waals surface area contributed by atoms with E-state index in [1.807, 2.05) is 30.3 Å². The highest BCUT2D eigenvalue weighted by Gasteiger charge is 2.49. The van der Waals surface area contributed by atoms with Gasteiger partial charge in [-0.2, -0.15) is 13.8 Å². The molecule has 3 heterocycles. The minimum absolute atomic E-state index is 0.0884. The lowest BCUT2D eigenvalue weighted by Crippen LogP contribution is -2.53. The number of carbonyl (C=O) groups excluding carboxylic acids is 1. The summed E-state index contributed by atoms with van der Waals surface area (Å²) >= 11 is 0. The summed E-state index contributed by atoms with van der Waals surface area (Å²) in [6.45, 7) is 0.177. The molecule has 1 aromatic carbocycles. The summed E-state index contributed by atoms with van der Waals surface area (Å²) in [5, 5.41) is 3.90. The van der Waals surface area contributed by atoms with Crippen molar-refractivity contribution in [1.29, 1.82) is 0 Å². The van der Waals surface area contributed by atoms with Crippen LogP contribution in [-0.2, 0) is 10.7 Å². The predicted octanol–water partition coefficient (Wildman–Crippen LogP) is 2.24. The number of hydrogen-bond acceptors (Lipinski definition) is 6. The predicted molar refractivity (Wildman–Crippen MR) is 85.0 cm³/mol. The Kier molecular flexibility index (Phi) is 3.90. The molecule has 3 aromatic rings. The van der Waals surface area contributed by atoms with Crippen LogP contribution in [0.15, 0.2) is 53.4 Å². The number of hydrogen-bond donors (Lipinski definition) is 0. The second-order valence-electron chi connectivity index (χ2n) is 5.89. The molecule has 0 unspecified atom stereocenters. The molecule has 4 rings (SSSR count). The summed E-state index contributed by atoms with van der Waals surface area (Å²) in [5.41, 5.74) is 0.126. The van der Waals surface area contributed by atoms with Crippen molar-refractivity contribution in [2.24, 2.45) is 0 Å². The molecule has 0 radical (unpaired) electrons. The third kappa shape index (κ3) is 2.81. The van der Waals surface area contributed by atoms with Crippen LogP contribution < -0.4 is 0 Å². The molecule has 7 nitrogen and oxygen atoms in total. The summed E-state index contributed by atoms with van der Waals surface area (Å²) in [6, 6.07) is 9.25. The second-order valence-corrected chi connectivity index (χ2v) is 5.89. The molecule has 0 bridgehead atoms. The highest BCUT2D eigenvalue weighted by atomic mass is 19.3. The molecular weight excluding hydrogens is 344 g/mol. The summed E-state index contributed by atoms with van der Waals surface area (Å²) in [5.74, 6) is -4.53. The van der Waals surface area contributed by atoms with E-state index in [0.717, 1.165) is 22.9 Å². The van der Waals surface area contributed by atoms with Crippen LogP contribution in [0.25, 0.3) is 11.4 Å². The van der Waals surface area contributed by atoms with Crippen molar-refractivity contribution in [3.63, 3.8) is 0 Å². The van der Waals surface area contributed by atoms with E-state index in [2.05, 4.69) is 20.1 Å². The van der Waals surface area contributed by atoms with E-state index in [1.54, 1.807) is 0 Å². The van der Waals surface area contributed by atoms with Crippen LogP contribution in [0.1, 0.15) is 17.5 Å². The van der Waals surface area contributed by atoms with Crippen LogP contribution in [0, 0.1) is 0 Å². The van der Waals surface area contributed by atoms with E-state index in [0.29, 0.717) is 11.7 Å². The van der Waals surface area contributed by atoms with Gasteiger partial charge in [-0.05, 0) is 0 Å². The average Bonchev–Trinajstić information content (AvgIpc) is 3.11. The molecule has 1 saturated heterocycles. The fourth-order valence-corrected chi connectivity index (χ4v) is 2.68. The van der Waals surface area contributed by atoms with Gasteiger partial charge in [0.2, 0.25) is 11.7 Å². The van der Waals surface area contributed by atoms with Crippen molar-refractivity contribution < 1.29 is 18.1 Å². The number of likely N-dealkylation sites (tertiary alicyclic amines) is 1. The van der Waals surface area contributed by atoms with Gasteiger partial charge in [-0.3, -0.25) is 14.8 Å². The Balaban J connectivity index is 1.43. The summed E-state index contributed by atoms with van der Waals surface area (Å²) in [6.07, 6.45) is 3.28. The third-order valence-corrected chi connectivity index (χ3v) is 4.15. The molecule has 1 aliphatic rings. The standard InChI is InChI=1S/C17H13F2N5O2/c18-17(19,13-8-20-6-7-21-13)16(25)24-9-12(10-24)15-22-14(23-26-15)11-4-2-1-3-5-11/h1-8,12H,9-10H2. The van der Waals surface area contributed by atoms with Crippen LogP contribution in [0.2, 0.25) is 0 Å². The van der Waals surface area contributed by atoms with E-state index in [-0.39, 0.29) is 19.0 Å². The van der Waals surface area contributed by atoms with Gasteiger partial charge >= 0.3 is 5.92 Å². The number of aromatic nitrogens is 4. The lowest BCUT2D eigenvalue weighted by Gasteiger charge is -2.38. The quantitative estimate of drug-likeness (QED) is 0.712. The van der Waals surface area contributed by atoms with Gasteiger partial charge in [0.1, 0.15) is 5.69 Å². The van der Waals surface area contributed by atoms with E-state index in [1.165, 1.54) is 6.20 Å². The van der Waals surface area contributed by atoms with Crippen molar-refractivity contribution in [1.82, 2.24) is 25.0 Å². The SMILES string of the molecule is O=C(N1CC(c2nc(-c3ccccc3)no2)C1)C(F)(F)c1cnccn1. The maximum Gasteiger partial charge on any atom is 0.367 e. The molecular formula is C17H13F2N5O2. The van der Waals surface area contributed by atoms with Gasteiger partial charge in [0, 0.05) is 31.0 Å². The molecule has 0 aliphatic carbocycles. The van der Waals surface area contributed by atoms with Crippen molar-refractivity contribution in [3.05, 3.63) is 60.5 Å². The second kappa shape index (κ2) is 6.25. The summed E-state index contributed by atoms with van der Waals surface area (Å²) < 4.78 is 33.7. The van der Waals surface area contributed by atoms with Crippen molar-refractivity contribution in [2.75, 3.05) is 13.1 Å². The van der Waals surface area contributed by atoms with Gasteiger partial charge in [0.25, 0.3) is 5.91 Å². The fourth-order valence-electron chi connectivity index (χ4n) is 2.68. The fraction of sp³-hybridized carbons (Fsp3) is 0.235. The molecule has 132 valence electrons. The topological polar surface area (TPSA) is 85.0 Å². The molecule has 0 saturated carbocycles. The normalized spacial score (nSPS) is 14.9. The number of nitrogens with zero attached hydrogens (tertiary/aromatic N) is 5. The molecule has 0 spiro atoms. The minimum atomic E-state index is -3.72. The lowest BCUT2D eigenvalue weighted by molar-refractivity contribution is -0.164. The highest BCUT2D eigenvalue weighted by Crippen LogP contribution is 2.34. The Bertz CT molecular complexity index is 911. The first kappa shape index (κ1) is 16.2. The first-order chi connectivity index (χ1) is 12.6. The molecule has 26 heavy (non-hydrogen) atoms. The van der Waals surface area contributed by atoms with Crippen molar-refractivity contribution in [2.45, 2.75) is 11.8 Å². The lowest BCUT2D eigenvalue weighted by atomic mass is 9.98. The Morgan fingerprint density at radius 1 is 1.19 bits per heavy atom. The molecule has 0 atom stereocenters. The number of amides is 1. The smallest absolute Gasteiger partial charge is 0.339 e. The van der Waals surface area contributed by atoms with Crippen LogP contribution in [0.4, 0.5) is 8.78 Å². The number of alkyl halides is 2. The molecule has 2 aromatic heterocycles. The molecule has 0 N–H and O–H groups in total. The Hall–Kier alpha value is -3.23. The monoisotopic (exact) mass is 357 g/mol. The van der Waals surface area contributed by atoms with Gasteiger partial charge in [-0.25, -0.2) is 0 Å². The maximum absolute atomic E-state index is 14.2. The van der Waals surface area contributed by atoms with E-state index in [4.69, 9.17) is 4.52 Å². The Morgan fingerprint density at radius 2 is 1.96 bits per heavy atom. The third-order valence-electron chi connectivity index (χ3n) is 4.15. The zero-order valence-electron chi connectivity index (χ0n) is 13.4. The van der Waals surface area contributed by atoms with Crippen LogP contribution in [-0.4, -0.2) is 44.0 Å². The van der Waals surface area contributed by atoms with E-state index < -0.39 is 17.5 Å². The van der Waals surface area contributed by atoms with Gasteiger partial charge < -0.3 is 9.42 Å². The molecule has 1 amide bonds. The highest BCUT2D eigenvalue weighted by molar-refractivity contribution is 5.85. The van der Waals surface area contributed by atoms with Crippen LogP contribution in [0.3, 0.4) is 0 Å². The van der Waals surface area contributed by atoms with E-state index >= 15 is 0 Å². The number of halogens is 2. The summed E-state index contributed by atoms with van der Waals surface area (Å²) in [4.78, 5) is 24.5. The van der Waals surface area contributed by atoms with Gasteiger partial charge in [0.15, 0.2) is 0 Å². The largest absolute Gasteiger partial charge is 0.367 e. The minimum Gasteiger partial charge on any atom is -0.339 e. The summed E-state index contributed by atoms with van der Waals surface area (Å²) in [7, 11) is 0. The molecule has 9 heteroatoms. The Morgan fingerprint density at radius 3 is 2.65 bits per heavy atom. The van der Waals surface area contributed by atoms with Gasteiger partial charge in [-0.15, -0.1) is 0 Å². The first-order valence-corrected chi connectivity index (χ1v) is 7.88. The van der Waals surface area contributed by atoms with Crippen molar-refractivity contribution in [3.8, 4) is 11.4 Å². The first-order valence-electron chi connectivity index (χ1n) is 7.88. The van der Waals surface area contributed by atoms with Gasteiger partial charge in [0.05, 0.1) is 12.1 Å². The number of benzene rings is 1. The zero-order chi connectivity index (χ0) is 18.1. The van der Waals surface area contributed by atoms with Crippen LogP contribution >= 0.6 is 0 Å². The molecule has 1 fully saturated rings. The van der Waals surface area contributed by atoms with Gasteiger partial charge in [-0.1, -0.05) is 35.5 Å². The van der Waals surface area contributed by atoms with Crippen LogP contribution in [0.5, 0.6) is 0 Å². The Labute approximate surface area is 146 Å². The number of rotatable bonds is 4. The molecule has 1 aliphatic heterocycles. The maximum atomic E-state index is 14.2. The zero-order valence-corrected chi connectivity index (χ0v) is 13.4. The van der Waals surface area contributed by atoms with E-state index in [9.17, 15) is 13.6 Å². The average molecular weight is 357 g/mol.